The number of para-hydroxylation sites is 1. The minimum Gasteiger partial charge on any atom is -0.361 e. The Morgan fingerprint density at radius 3 is 2.73 bits per heavy atom. The van der Waals surface area contributed by atoms with Crippen molar-refractivity contribution in [1.82, 2.24) is 9.88 Å². The molecule has 0 unspecified atom stereocenters. The number of thiophene rings is 1. The molecule has 26 heavy (non-hydrogen) atoms. The van der Waals surface area contributed by atoms with E-state index in [0.717, 1.165) is 27.1 Å². The molecule has 1 aliphatic rings. The molecule has 0 fully saturated rings. The molecule has 3 heterocycles. The zero-order valence-corrected chi connectivity index (χ0v) is 16.0. The lowest BCUT2D eigenvalue weighted by atomic mass is 10.1. The van der Waals surface area contributed by atoms with Crippen LogP contribution in [0.25, 0.3) is 16.5 Å². The Morgan fingerprint density at radius 2 is 1.96 bits per heavy atom. The normalized spacial score (nSPS) is 14.9. The van der Waals surface area contributed by atoms with E-state index in [9.17, 15) is 9.59 Å². The number of nitrogens with one attached hydrogen (secondary N) is 1. The standard InChI is InChI=1S/C20H18N2O2S2/c1-2-25-18-17(16-8-5-11-26-16)19(23)22(20(18)24)10-9-13-12-21-15-7-4-3-6-14(13)15/h3-8,11-12,21H,2,9-10H2,1H3. The van der Waals surface area contributed by atoms with Crippen LogP contribution in [0.5, 0.6) is 0 Å². The Balaban J connectivity index is 1.58. The van der Waals surface area contributed by atoms with Crippen molar-refractivity contribution in [3.05, 3.63) is 63.3 Å². The lowest BCUT2D eigenvalue weighted by Crippen LogP contribution is -2.33. The summed E-state index contributed by atoms with van der Waals surface area (Å²) in [5.41, 5.74) is 2.76. The van der Waals surface area contributed by atoms with Crippen molar-refractivity contribution in [2.24, 2.45) is 0 Å². The molecule has 4 nitrogen and oxygen atoms in total. The molecule has 132 valence electrons. The van der Waals surface area contributed by atoms with E-state index in [2.05, 4.69) is 11.1 Å². The van der Waals surface area contributed by atoms with Crippen LogP contribution >= 0.6 is 23.1 Å². The van der Waals surface area contributed by atoms with Crippen molar-refractivity contribution < 1.29 is 9.59 Å². The summed E-state index contributed by atoms with van der Waals surface area (Å²) in [5.74, 6) is 0.429. The number of rotatable bonds is 6. The van der Waals surface area contributed by atoms with Gasteiger partial charge in [-0.1, -0.05) is 31.2 Å². The highest BCUT2D eigenvalue weighted by Crippen LogP contribution is 2.37. The van der Waals surface area contributed by atoms with E-state index in [-0.39, 0.29) is 11.8 Å². The Labute approximate surface area is 159 Å². The number of hydrogen-bond donors (Lipinski definition) is 1. The third-order valence-corrected chi connectivity index (χ3v) is 6.30. The molecule has 0 aliphatic carbocycles. The van der Waals surface area contributed by atoms with Gasteiger partial charge in [0.1, 0.15) is 0 Å². The predicted molar refractivity (Wildman–Crippen MR) is 108 cm³/mol. The molecule has 0 radical (unpaired) electrons. The molecule has 0 saturated heterocycles. The molecule has 0 bridgehead atoms. The van der Waals surface area contributed by atoms with E-state index in [1.54, 1.807) is 0 Å². The number of H-pyrrole nitrogens is 1. The Kier molecular flexibility index (Phi) is 4.70. The van der Waals surface area contributed by atoms with Gasteiger partial charge < -0.3 is 4.98 Å². The molecular weight excluding hydrogens is 364 g/mol. The predicted octanol–water partition coefficient (Wildman–Crippen LogP) is 4.31. The third-order valence-electron chi connectivity index (χ3n) is 4.46. The first-order valence-corrected chi connectivity index (χ1v) is 10.4. The Morgan fingerprint density at radius 1 is 1.12 bits per heavy atom. The number of carbonyl (C=O) groups is 2. The van der Waals surface area contributed by atoms with Crippen LogP contribution in [0.2, 0.25) is 0 Å². The number of aromatic amines is 1. The van der Waals surface area contributed by atoms with Crippen LogP contribution in [0.1, 0.15) is 17.4 Å². The summed E-state index contributed by atoms with van der Waals surface area (Å²) >= 11 is 2.95. The first-order valence-electron chi connectivity index (χ1n) is 8.53. The monoisotopic (exact) mass is 382 g/mol. The SMILES string of the molecule is CCSC1=C(c2cccs2)C(=O)N(CCc2c[nH]c3ccccc23)C1=O. The van der Waals surface area contributed by atoms with E-state index in [1.165, 1.54) is 28.0 Å². The quantitative estimate of drug-likeness (QED) is 0.647. The number of imide groups is 1. The third kappa shape index (κ3) is 2.89. The minimum absolute atomic E-state index is 0.162. The maximum atomic E-state index is 13.0. The van der Waals surface area contributed by atoms with E-state index in [4.69, 9.17) is 0 Å². The number of amides is 2. The second kappa shape index (κ2) is 7.13. The molecule has 3 aromatic rings. The first-order chi connectivity index (χ1) is 12.7. The Hall–Kier alpha value is -2.31. The van der Waals surface area contributed by atoms with Crippen LogP contribution in [0.15, 0.2) is 52.9 Å². The highest BCUT2D eigenvalue weighted by Gasteiger charge is 2.39. The van der Waals surface area contributed by atoms with Crippen LogP contribution < -0.4 is 0 Å². The summed E-state index contributed by atoms with van der Waals surface area (Å²) in [7, 11) is 0. The van der Waals surface area contributed by atoms with E-state index in [0.29, 0.717) is 23.4 Å². The van der Waals surface area contributed by atoms with Crippen molar-refractivity contribution >= 4 is 51.4 Å². The van der Waals surface area contributed by atoms with Gasteiger partial charge in [0.2, 0.25) is 0 Å². The smallest absolute Gasteiger partial charge is 0.268 e. The highest BCUT2D eigenvalue weighted by atomic mass is 32.2. The lowest BCUT2D eigenvalue weighted by molar-refractivity contribution is -0.136. The fourth-order valence-electron chi connectivity index (χ4n) is 3.24. The summed E-state index contributed by atoms with van der Waals surface area (Å²) in [5, 5.41) is 3.07. The highest BCUT2D eigenvalue weighted by molar-refractivity contribution is 8.04. The molecule has 0 saturated carbocycles. The van der Waals surface area contributed by atoms with Gasteiger partial charge in [-0.25, -0.2) is 0 Å². The molecule has 2 aromatic heterocycles. The Bertz CT molecular complexity index is 1000. The van der Waals surface area contributed by atoms with Crippen LogP contribution in [0.4, 0.5) is 0 Å². The van der Waals surface area contributed by atoms with Crippen molar-refractivity contribution in [2.45, 2.75) is 13.3 Å². The van der Waals surface area contributed by atoms with Gasteiger partial charge in [-0.3, -0.25) is 14.5 Å². The fraction of sp³-hybridized carbons (Fsp3) is 0.200. The zero-order chi connectivity index (χ0) is 18.1. The number of thioether (sulfide) groups is 1. The average molecular weight is 383 g/mol. The van der Waals surface area contributed by atoms with Gasteiger partial charge in [0.25, 0.3) is 11.8 Å². The van der Waals surface area contributed by atoms with Crippen molar-refractivity contribution in [1.29, 1.82) is 0 Å². The first kappa shape index (κ1) is 17.1. The second-order valence-corrected chi connectivity index (χ2v) is 8.21. The van der Waals surface area contributed by atoms with E-state index < -0.39 is 0 Å². The fourth-order valence-corrected chi connectivity index (χ4v) is 4.94. The number of nitrogens with zero attached hydrogens (tertiary/aromatic N) is 1. The molecule has 4 rings (SSSR count). The van der Waals surface area contributed by atoms with Crippen LogP contribution in [0.3, 0.4) is 0 Å². The zero-order valence-electron chi connectivity index (χ0n) is 14.3. The molecular formula is C20H18N2O2S2. The summed E-state index contributed by atoms with van der Waals surface area (Å²) in [6, 6.07) is 11.9. The van der Waals surface area contributed by atoms with Crippen LogP contribution in [-0.2, 0) is 16.0 Å². The summed E-state index contributed by atoms with van der Waals surface area (Å²) in [6.45, 7) is 2.39. The molecule has 1 N–H and O–H groups in total. The summed E-state index contributed by atoms with van der Waals surface area (Å²) in [4.78, 5) is 31.9. The van der Waals surface area contributed by atoms with Gasteiger partial charge in [0.15, 0.2) is 0 Å². The number of fused-ring (bicyclic) bond motifs is 1. The number of carbonyl (C=O) groups excluding carboxylic acids is 2. The van der Waals surface area contributed by atoms with Gasteiger partial charge in [0, 0.05) is 28.5 Å². The van der Waals surface area contributed by atoms with Crippen molar-refractivity contribution in [3.63, 3.8) is 0 Å². The molecule has 2 amide bonds. The van der Waals surface area contributed by atoms with Crippen molar-refractivity contribution in [2.75, 3.05) is 12.3 Å². The largest absolute Gasteiger partial charge is 0.361 e. The maximum Gasteiger partial charge on any atom is 0.268 e. The number of aromatic nitrogens is 1. The summed E-state index contributed by atoms with van der Waals surface area (Å²) in [6.07, 6.45) is 2.61. The average Bonchev–Trinajstić information content (AvgIpc) is 3.35. The van der Waals surface area contributed by atoms with Gasteiger partial charge in [-0.05, 0) is 35.2 Å². The second-order valence-electron chi connectivity index (χ2n) is 5.99. The van der Waals surface area contributed by atoms with Gasteiger partial charge >= 0.3 is 0 Å². The van der Waals surface area contributed by atoms with Crippen LogP contribution in [-0.4, -0.2) is 34.0 Å². The van der Waals surface area contributed by atoms with Crippen LogP contribution in [0, 0.1) is 0 Å². The topological polar surface area (TPSA) is 53.2 Å². The van der Waals surface area contributed by atoms with E-state index >= 15 is 0 Å². The van der Waals surface area contributed by atoms with Crippen molar-refractivity contribution in [3.8, 4) is 0 Å². The van der Waals surface area contributed by atoms with E-state index in [1.807, 2.05) is 48.8 Å². The number of benzene rings is 1. The summed E-state index contributed by atoms with van der Waals surface area (Å²) < 4.78 is 0. The van der Waals surface area contributed by atoms with Gasteiger partial charge in [0.05, 0.1) is 10.5 Å². The molecule has 0 spiro atoms. The van der Waals surface area contributed by atoms with Gasteiger partial charge in [-0.15, -0.1) is 23.1 Å². The minimum atomic E-state index is -0.173. The maximum absolute atomic E-state index is 13.0. The molecule has 6 heteroatoms. The number of hydrogen-bond acceptors (Lipinski definition) is 4. The molecule has 1 aromatic carbocycles. The lowest BCUT2D eigenvalue weighted by Gasteiger charge is -2.14. The van der Waals surface area contributed by atoms with Gasteiger partial charge in [-0.2, -0.15) is 0 Å². The molecule has 0 atom stereocenters. The molecule has 1 aliphatic heterocycles.